The molecule has 0 unspecified atom stereocenters. The van der Waals surface area contributed by atoms with E-state index in [1.807, 2.05) is 6.07 Å². The highest BCUT2D eigenvalue weighted by Gasteiger charge is 2.03. The highest BCUT2D eigenvalue weighted by molar-refractivity contribution is 5.76. The molecule has 2 rings (SSSR count). The lowest BCUT2D eigenvalue weighted by atomic mass is 10.3. The third-order valence-corrected chi connectivity index (χ3v) is 1.81. The number of fused-ring (bicyclic) bond motifs is 1. The smallest absolute Gasteiger partial charge is 0.291 e. The quantitative estimate of drug-likeness (QED) is 0.755. The molecule has 2 aromatic rings. The second kappa shape index (κ2) is 3.06. The van der Waals surface area contributed by atoms with Crippen molar-refractivity contribution in [2.24, 2.45) is 0 Å². The van der Waals surface area contributed by atoms with Gasteiger partial charge in [-0.3, -0.25) is 4.79 Å². The second-order valence-corrected chi connectivity index (χ2v) is 2.76. The maximum atomic E-state index is 11.3. The second-order valence-electron chi connectivity index (χ2n) is 2.76. The summed E-state index contributed by atoms with van der Waals surface area (Å²) < 4.78 is 9.90. The van der Waals surface area contributed by atoms with Crippen LogP contribution in [0.4, 0.5) is 0 Å². The zero-order valence-corrected chi connectivity index (χ0v) is 7.16. The average Bonchev–Trinajstić information content (AvgIpc) is 2.53. The Morgan fingerprint density at radius 3 is 3.23 bits per heavy atom. The fraction of sp³-hybridized carbons (Fsp3) is 0.222. The lowest BCUT2D eigenvalue weighted by Gasteiger charge is -1.98. The Hall–Kier alpha value is -1.55. The zero-order chi connectivity index (χ0) is 9.26. The Labute approximate surface area is 74.1 Å². The van der Waals surface area contributed by atoms with Gasteiger partial charge in [0, 0.05) is 18.2 Å². The minimum absolute atomic E-state index is 0.213. The summed E-state index contributed by atoms with van der Waals surface area (Å²) >= 11 is 0. The number of furan rings is 1. The number of ether oxygens (including phenoxy) is 1. The van der Waals surface area contributed by atoms with Crippen molar-refractivity contribution in [1.29, 1.82) is 0 Å². The highest BCUT2D eigenvalue weighted by Crippen LogP contribution is 2.11. The lowest BCUT2D eigenvalue weighted by Crippen LogP contribution is -2.08. The van der Waals surface area contributed by atoms with Crippen molar-refractivity contribution in [2.75, 3.05) is 7.11 Å². The minimum Gasteiger partial charge on any atom is -0.459 e. The van der Waals surface area contributed by atoms with Crippen LogP contribution in [-0.2, 0) is 11.3 Å². The number of methoxy groups -OCH3 is 1. The van der Waals surface area contributed by atoms with E-state index in [9.17, 15) is 4.79 Å². The molecule has 0 spiro atoms. The first-order valence-electron chi connectivity index (χ1n) is 3.89. The standard InChI is InChI=1S/C9H9NO3/c1-12-5-7-4-6-2-3-13-8(6)9(11)10-7/h2-4H,5H2,1H3,(H,10,11). The van der Waals surface area contributed by atoms with Crippen LogP contribution < -0.4 is 5.56 Å². The molecule has 0 radical (unpaired) electrons. The molecule has 1 N–H and O–H groups in total. The molecule has 0 saturated heterocycles. The van der Waals surface area contributed by atoms with Gasteiger partial charge in [0.05, 0.1) is 12.9 Å². The van der Waals surface area contributed by atoms with Gasteiger partial charge in [-0.25, -0.2) is 0 Å². The molecule has 0 amide bonds. The normalized spacial score (nSPS) is 10.8. The molecule has 4 heteroatoms. The number of hydrogen-bond donors (Lipinski definition) is 1. The van der Waals surface area contributed by atoms with Crippen LogP contribution in [0, 0.1) is 0 Å². The Morgan fingerprint density at radius 2 is 2.46 bits per heavy atom. The molecule has 4 nitrogen and oxygen atoms in total. The van der Waals surface area contributed by atoms with E-state index in [1.54, 1.807) is 13.2 Å². The minimum atomic E-state index is -0.213. The first-order chi connectivity index (χ1) is 6.31. The molecule has 0 aromatic carbocycles. The molecule has 13 heavy (non-hydrogen) atoms. The van der Waals surface area contributed by atoms with Crippen molar-refractivity contribution in [2.45, 2.75) is 6.61 Å². The molecule has 0 saturated carbocycles. The van der Waals surface area contributed by atoms with Crippen molar-refractivity contribution in [3.8, 4) is 0 Å². The summed E-state index contributed by atoms with van der Waals surface area (Å²) in [7, 11) is 1.58. The van der Waals surface area contributed by atoms with Crippen molar-refractivity contribution < 1.29 is 9.15 Å². The number of aromatic nitrogens is 1. The van der Waals surface area contributed by atoms with Crippen molar-refractivity contribution in [3.05, 3.63) is 34.4 Å². The van der Waals surface area contributed by atoms with Crippen LogP contribution in [0.5, 0.6) is 0 Å². The van der Waals surface area contributed by atoms with Gasteiger partial charge in [0.15, 0.2) is 5.58 Å². The summed E-state index contributed by atoms with van der Waals surface area (Å²) in [5.74, 6) is 0. The largest absolute Gasteiger partial charge is 0.459 e. The van der Waals surface area contributed by atoms with Crippen LogP contribution in [0.1, 0.15) is 5.69 Å². The Bertz CT molecular complexity index is 469. The summed E-state index contributed by atoms with van der Waals surface area (Å²) in [6, 6.07) is 3.59. The van der Waals surface area contributed by atoms with Gasteiger partial charge < -0.3 is 14.1 Å². The topological polar surface area (TPSA) is 55.2 Å². The number of pyridine rings is 1. The van der Waals surface area contributed by atoms with Gasteiger partial charge in [-0.1, -0.05) is 0 Å². The molecule has 2 heterocycles. The SMILES string of the molecule is COCc1cc2ccoc2c(=O)[nH]1. The van der Waals surface area contributed by atoms with Crippen LogP contribution in [-0.4, -0.2) is 12.1 Å². The number of hydrogen-bond acceptors (Lipinski definition) is 3. The van der Waals surface area contributed by atoms with E-state index < -0.39 is 0 Å². The van der Waals surface area contributed by atoms with Crippen LogP contribution in [0.15, 0.2) is 27.6 Å². The van der Waals surface area contributed by atoms with E-state index >= 15 is 0 Å². The van der Waals surface area contributed by atoms with E-state index in [2.05, 4.69) is 4.98 Å². The van der Waals surface area contributed by atoms with E-state index in [4.69, 9.17) is 9.15 Å². The van der Waals surface area contributed by atoms with Crippen LogP contribution in [0.25, 0.3) is 11.0 Å². The Balaban J connectivity index is 2.63. The first-order valence-corrected chi connectivity index (χ1v) is 3.89. The fourth-order valence-electron chi connectivity index (χ4n) is 1.28. The first kappa shape index (κ1) is 8.07. The van der Waals surface area contributed by atoms with E-state index in [-0.39, 0.29) is 5.56 Å². The van der Waals surface area contributed by atoms with Gasteiger partial charge >= 0.3 is 0 Å². The van der Waals surface area contributed by atoms with E-state index in [0.29, 0.717) is 12.2 Å². The van der Waals surface area contributed by atoms with Gasteiger partial charge in [0.2, 0.25) is 0 Å². The Morgan fingerprint density at radius 1 is 1.62 bits per heavy atom. The summed E-state index contributed by atoms with van der Waals surface area (Å²) in [5.41, 5.74) is 0.899. The summed E-state index contributed by atoms with van der Waals surface area (Å²) in [5, 5.41) is 0.802. The molecule has 0 aliphatic rings. The third-order valence-electron chi connectivity index (χ3n) is 1.81. The number of nitrogens with one attached hydrogen (secondary N) is 1. The van der Waals surface area contributed by atoms with Gasteiger partial charge in [0.25, 0.3) is 5.56 Å². The maximum Gasteiger partial charge on any atom is 0.291 e. The molecule has 0 aliphatic carbocycles. The molecular weight excluding hydrogens is 170 g/mol. The third kappa shape index (κ3) is 1.36. The molecule has 0 atom stereocenters. The van der Waals surface area contributed by atoms with Gasteiger partial charge in [0.1, 0.15) is 0 Å². The van der Waals surface area contributed by atoms with Gasteiger partial charge in [-0.15, -0.1) is 0 Å². The highest BCUT2D eigenvalue weighted by atomic mass is 16.5. The predicted octanol–water partition coefficient (Wildman–Crippen LogP) is 1.27. The lowest BCUT2D eigenvalue weighted by molar-refractivity contribution is 0.181. The van der Waals surface area contributed by atoms with Crippen molar-refractivity contribution in [1.82, 2.24) is 4.98 Å². The molecule has 0 bridgehead atoms. The number of aromatic amines is 1. The van der Waals surface area contributed by atoms with Crippen LogP contribution in [0.2, 0.25) is 0 Å². The molecule has 0 aliphatic heterocycles. The maximum absolute atomic E-state index is 11.3. The zero-order valence-electron chi connectivity index (χ0n) is 7.16. The summed E-state index contributed by atoms with van der Waals surface area (Å²) in [6.07, 6.45) is 1.50. The predicted molar refractivity (Wildman–Crippen MR) is 47.5 cm³/mol. The fourth-order valence-corrected chi connectivity index (χ4v) is 1.28. The molecule has 0 fully saturated rings. The Kier molecular flexibility index (Phi) is 1.90. The monoisotopic (exact) mass is 179 g/mol. The average molecular weight is 179 g/mol. The van der Waals surface area contributed by atoms with Crippen LogP contribution in [0.3, 0.4) is 0 Å². The molecule has 68 valence electrons. The van der Waals surface area contributed by atoms with Gasteiger partial charge in [-0.2, -0.15) is 0 Å². The number of rotatable bonds is 2. The van der Waals surface area contributed by atoms with E-state index in [1.165, 1.54) is 6.26 Å². The van der Waals surface area contributed by atoms with Crippen LogP contribution >= 0.6 is 0 Å². The van der Waals surface area contributed by atoms with E-state index in [0.717, 1.165) is 11.1 Å². The van der Waals surface area contributed by atoms with Crippen molar-refractivity contribution >= 4 is 11.0 Å². The molecule has 2 aromatic heterocycles. The van der Waals surface area contributed by atoms with Gasteiger partial charge in [-0.05, 0) is 12.1 Å². The molecular formula is C9H9NO3. The summed E-state index contributed by atoms with van der Waals surface area (Å²) in [6.45, 7) is 0.399. The number of H-pyrrole nitrogens is 1. The van der Waals surface area contributed by atoms with Crippen molar-refractivity contribution in [3.63, 3.8) is 0 Å². The summed E-state index contributed by atoms with van der Waals surface area (Å²) in [4.78, 5) is 14.0.